The van der Waals surface area contributed by atoms with Crippen LogP contribution in [0.25, 0.3) is 0 Å². The van der Waals surface area contributed by atoms with Crippen LogP contribution in [0, 0.1) is 0 Å². The van der Waals surface area contributed by atoms with E-state index in [1.54, 1.807) is 32.4 Å². The summed E-state index contributed by atoms with van der Waals surface area (Å²) in [6, 6.07) is 5.07. The molecule has 90 valence electrons. The minimum absolute atomic E-state index is 0. The molecule has 0 aromatic heterocycles. The van der Waals surface area contributed by atoms with Gasteiger partial charge in [-0.15, -0.1) is 0 Å². The van der Waals surface area contributed by atoms with Gasteiger partial charge in [0, 0.05) is 12.1 Å². The summed E-state index contributed by atoms with van der Waals surface area (Å²) < 4.78 is 10.2. The van der Waals surface area contributed by atoms with Crippen LogP contribution in [-0.2, 0) is 0 Å². The molecule has 16 heavy (non-hydrogen) atoms. The van der Waals surface area contributed by atoms with Crippen LogP contribution in [0.1, 0.15) is 24.7 Å². The molecule has 1 aromatic carbocycles. The highest BCUT2D eigenvalue weighted by Gasteiger charge is 2.09. The molecule has 0 atom stereocenters. The molecule has 4 heteroatoms. The molecular weight excluding hydrogens is 206 g/mol. The zero-order chi connectivity index (χ0) is 11.3. The first-order valence-electron chi connectivity index (χ1n) is 4.73. The lowest BCUT2D eigenvalue weighted by molar-refractivity contribution is 0.0955. The molecule has 0 radical (unpaired) electrons. The number of hydrogen-bond acceptors (Lipinski definition) is 3. The number of ether oxygens (including phenoxy) is 2. The minimum atomic E-state index is -0.113. The fourth-order valence-corrected chi connectivity index (χ4v) is 1.24. The summed E-state index contributed by atoms with van der Waals surface area (Å²) in [6.45, 7) is 2.48. The molecule has 0 unspecified atom stereocenters. The van der Waals surface area contributed by atoms with E-state index in [4.69, 9.17) is 9.47 Å². The van der Waals surface area contributed by atoms with Gasteiger partial charge in [-0.2, -0.15) is 0 Å². The number of amides is 1. The zero-order valence-corrected chi connectivity index (χ0v) is 9.16. The standard InChI is InChI=1S/C11H15NO3.CH4/c1-4-12-11(13)8-5-6-9(14-2)10(7-8)15-3;/h5-7H,4H2,1-3H3,(H,12,13);1H4. The van der Waals surface area contributed by atoms with E-state index in [-0.39, 0.29) is 13.3 Å². The van der Waals surface area contributed by atoms with Gasteiger partial charge >= 0.3 is 0 Å². The predicted octanol–water partition coefficient (Wildman–Crippen LogP) is 2.09. The van der Waals surface area contributed by atoms with Crippen LogP contribution < -0.4 is 14.8 Å². The number of nitrogens with one attached hydrogen (secondary N) is 1. The van der Waals surface area contributed by atoms with Crippen molar-refractivity contribution in [1.29, 1.82) is 0 Å². The molecule has 1 rings (SSSR count). The van der Waals surface area contributed by atoms with Crippen molar-refractivity contribution in [2.24, 2.45) is 0 Å². The Morgan fingerprint density at radius 3 is 2.38 bits per heavy atom. The summed E-state index contributed by atoms with van der Waals surface area (Å²) in [5.74, 6) is 1.06. The largest absolute Gasteiger partial charge is 0.493 e. The van der Waals surface area contributed by atoms with Gasteiger partial charge in [-0.1, -0.05) is 7.43 Å². The maximum absolute atomic E-state index is 11.5. The van der Waals surface area contributed by atoms with Crippen molar-refractivity contribution in [1.82, 2.24) is 5.32 Å². The molecule has 0 saturated carbocycles. The van der Waals surface area contributed by atoms with E-state index in [0.29, 0.717) is 23.6 Å². The number of rotatable bonds is 4. The first-order chi connectivity index (χ1) is 7.22. The molecule has 0 bridgehead atoms. The van der Waals surface area contributed by atoms with E-state index in [1.165, 1.54) is 0 Å². The van der Waals surface area contributed by atoms with E-state index in [1.807, 2.05) is 6.92 Å². The summed E-state index contributed by atoms with van der Waals surface area (Å²) in [4.78, 5) is 11.5. The molecule has 0 aliphatic carbocycles. The van der Waals surface area contributed by atoms with Crippen LogP contribution in [0.5, 0.6) is 11.5 Å². The zero-order valence-electron chi connectivity index (χ0n) is 9.16. The lowest BCUT2D eigenvalue weighted by Gasteiger charge is -2.09. The van der Waals surface area contributed by atoms with Crippen LogP contribution in [0.15, 0.2) is 18.2 Å². The number of carbonyl (C=O) groups excluding carboxylic acids is 1. The molecule has 0 fully saturated rings. The van der Waals surface area contributed by atoms with Crippen molar-refractivity contribution in [3.8, 4) is 11.5 Å². The summed E-state index contributed by atoms with van der Waals surface area (Å²) in [7, 11) is 3.10. The Labute approximate surface area is 96.6 Å². The second-order valence-electron chi connectivity index (χ2n) is 2.93. The van der Waals surface area contributed by atoms with Crippen LogP contribution >= 0.6 is 0 Å². The van der Waals surface area contributed by atoms with Crippen LogP contribution in [0.3, 0.4) is 0 Å². The molecule has 0 aliphatic heterocycles. The summed E-state index contributed by atoms with van der Waals surface area (Å²) in [5, 5.41) is 2.72. The normalized spacial score (nSPS) is 8.94. The van der Waals surface area contributed by atoms with Crippen LogP contribution in [-0.4, -0.2) is 26.7 Å². The van der Waals surface area contributed by atoms with Gasteiger partial charge in [0.2, 0.25) is 0 Å². The lowest BCUT2D eigenvalue weighted by Crippen LogP contribution is -2.22. The number of methoxy groups -OCH3 is 2. The molecular formula is C12H19NO3. The van der Waals surface area contributed by atoms with Crippen molar-refractivity contribution in [2.75, 3.05) is 20.8 Å². The third-order valence-corrected chi connectivity index (χ3v) is 1.98. The van der Waals surface area contributed by atoms with Gasteiger partial charge in [0.15, 0.2) is 11.5 Å². The fourth-order valence-electron chi connectivity index (χ4n) is 1.24. The van der Waals surface area contributed by atoms with E-state index < -0.39 is 0 Å². The van der Waals surface area contributed by atoms with Crippen LogP contribution in [0.2, 0.25) is 0 Å². The van der Waals surface area contributed by atoms with E-state index in [9.17, 15) is 4.79 Å². The number of benzene rings is 1. The Morgan fingerprint density at radius 2 is 1.88 bits per heavy atom. The highest BCUT2D eigenvalue weighted by molar-refractivity contribution is 5.94. The number of carbonyl (C=O) groups is 1. The Balaban J connectivity index is 0.00000225. The van der Waals surface area contributed by atoms with Crippen molar-refractivity contribution < 1.29 is 14.3 Å². The molecule has 0 heterocycles. The maximum atomic E-state index is 11.5. The van der Waals surface area contributed by atoms with Crippen molar-refractivity contribution in [3.05, 3.63) is 23.8 Å². The smallest absolute Gasteiger partial charge is 0.251 e. The molecule has 0 spiro atoms. The molecule has 1 amide bonds. The van der Waals surface area contributed by atoms with E-state index in [2.05, 4.69) is 5.32 Å². The highest BCUT2D eigenvalue weighted by Crippen LogP contribution is 2.27. The third-order valence-electron chi connectivity index (χ3n) is 1.98. The fraction of sp³-hybridized carbons (Fsp3) is 0.417. The maximum Gasteiger partial charge on any atom is 0.251 e. The van der Waals surface area contributed by atoms with Gasteiger partial charge < -0.3 is 14.8 Å². The molecule has 1 N–H and O–H groups in total. The first kappa shape index (κ1) is 14.3. The monoisotopic (exact) mass is 225 g/mol. The van der Waals surface area contributed by atoms with Gasteiger partial charge in [-0.3, -0.25) is 4.79 Å². The van der Waals surface area contributed by atoms with Crippen LogP contribution in [0.4, 0.5) is 0 Å². The highest BCUT2D eigenvalue weighted by atomic mass is 16.5. The summed E-state index contributed by atoms with van der Waals surface area (Å²) in [5.41, 5.74) is 0.564. The Morgan fingerprint density at radius 1 is 1.25 bits per heavy atom. The Bertz CT molecular complexity index is 350. The van der Waals surface area contributed by atoms with E-state index in [0.717, 1.165) is 0 Å². The second-order valence-corrected chi connectivity index (χ2v) is 2.93. The SMILES string of the molecule is C.CCNC(=O)c1ccc(OC)c(OC)c1. The van der Waals surface area contributed by atoms with Crippen molar-refractivity contribution in [2.45, 2.75) is 14.4 Å². The lowest BCUT2D eigenvalue weighted by atomic mass is 10.2. The molecule has 4 nitrogen and oxygen atoms in total. The first-order valence-corrected chi connectivity index (χ1v) is 4.73. The van der Waals surface area contributed by atoms with Gasteiger partial charge in [0.1, 0.15) is 0 Å². The molecule has 1 aromatic rings. The third kappa shape index (κ3) is 3.15. The second kappa shape index (κ2) is 6.71. The van der Waals surface area contributed by atoms with Crippen molar-refractivity contribution in [3.63, 3.8) is 0 Å². The quantitative estimate of drug-likeness (QED) is 0.853. The van der Waals surface area contributed by atoms with E-state index >= 15 is 0 Å². The topological polar surface area (TPSA) is 47.6 Å². The average molecular weight is 225 g/mol. The van der Waals surface area contributed by atoms with Gasteiger partial charge in [0.25, 0.3) is 5.91 Å². The van der Waals surface area contributed by atoms with Crippen molar-refractivity contribution >= 4 is 5.91 Å². The predicted molar refractivity (Wildman–Crippen MR) is 64.3 cm³/mol. The summed E-state index contributed by atoms with van der Waals surface area (Å²) >= 11 is 0. The Kier molecular flexibility index (Phi) is 6.00. The average Bonchev–Trinajstić information content (AvgIpc) is 2.28. The van der Waals surface area contributed by atoms with Gasteiger partial charge in [0.05, 0.1) is 14.2 Å². The Hall–Kier alpha value is -1.71. The molecule has 0 saturated heterocycles. The summed E-state index contributed by atoms with van der Waals surface area (Å²) in [6.07, 6.45) is 0. The van der Waals surface area contributed by atoms with Gasteiger partial charge in [-0.25, -0.2) is 0 Å². The van der Waals surface area contributed by atoms with Gasteiger partial charge in [-0.05, 0) is 25.1 Å². The number of hydrogen-bond donors (Lipinski definition) is 1. The molecule has 0 aliphatic rings. The minimum Gasteiger partial charge on any atom is -0.493 e.